The summed E-state index contributed by atoms with van der Waals surface area (Å²) in [6, 6.07) is 10.3. The van der Waals surface area contributed by atoms with E-state index in [4.69, 9.17) is 4.42 Å². The first-order valence-corrected chi connectivity index (χ1v) is 7.77. The SMILES string of the molecule is CSC1(CNCc2cc3ccccc3o2)CCC1. The summed E-state index contributed by atoms with van der Waals surface area (Å²) in [5.74, 6) is 1.03. The summed E-state index contributed by atoms with van der Waals surface area (Å²) in [5.41, 5.74) is 0.984. The van der Waals surface area contributed by atoms with Gasteiger partial charge in [0, 0.05) is 16.7 Å². The molecule has 1 aliphatic carbocycles. The van der Waals surface area contributed by atoms with E-state index in [1.807, 2.05) is 30.0 Å². The molecule has 1 saturated carbocycles. The van der Waals surface area contributed by atoms with Crippen molar-refractivity contribution in [3.05, 3.63) is 36.1 Å². The van der Waals surface area contributed by atoms with Crippen molar-refractivity contribution in [1.29, 1.82) is 0 Å². The summed E-state index contributed by atoms with van der Waals surface area (Å²) in [6.45, 7) is 1.92. The van der Waals surface area contributed by atoms with Crippen LogP contribution < -0.4 is 5.32 Å². The van der Waals surface area contributed by atoms with E-state index >= 15 is 0 Å². The molecule has 1 heterocycles. The van der Waals surface area contributed by atoms with Crippen LogP contribution in [0.3, 0.4) is 0 Å². The van der Waals surface area contributed by atoms with Crippen LogP contribution in [0.25, 0.3) is 11.0 Å². The molecule has 1 aromatic carbocycles. The molecule has 96 valence electrons. The number of benzene rings is 1. The first kappa shape index (κ1) is 12.1. The molecule has 0 aliphatic heterocycles. The Labute approximate surface area is 112 Å². The van der Waals surface area contributed by atoms with E-state index in [-0.39, 0.29) is 0 Å². The van der Waals surface area contributed by atoms with Crippen LogP contribution in [0.2, 0.25) is 0 Å². The Morgan fingerprint density at radius 3 is 2.83 bits per heavy atom. The van der Waals surface area contributed by atoms with Gasteiger partial charge in [0.05, 0.1) is 6.54 Å². The molecule has 0 atom stereocenters. The van der Waals surface area contributed by atoms with Gasteiger partial charge in [-0.05, 0) is 31.2 Å². The number of fused-ring (bicyclic) bond motifs is 1. The van der Waals surface area contributed by atoms with Crippen molar-refractivity contribution in [2.24, 2.45) is 0 Å². The molecule has 3 heteroatoms. The zero-order valence-electron chi connectivity index (χ0n) is 10.7. The van der Waals surface area contributed by atoms with Gasteiger partial charge in [-0.25, -0.2) is 0 Å². The number of furan rings is 1. The monoisotopic (exact) mass is 261 g/mol. The Hall–Kier alpha value is -0.930. The quantitative estimate of drug-likeness (QED) is 0.886. The molecule has 0 spiro atoms. The van der Waals surface area contributed by atoms with Crippen molar-refractivity contribution >= 4 is 22.7 Å². The normalized spacial score (nSPS) is 17.8. The lowest BCUT2D eigenvalue weighted by Crippen LogP contribution is -2.43. The number of nitrogens with one attached hydrogen (secondary N) is 1. The Balaban J connectivity index is 1.59. The molecule has 3 rings (SSSR count). The summed E-state index contributed by atoms with van der Waals surface area (Å²) < 4.78 is 6.29. The fourth-order valence-electron chi connectivity index (χ4n) is 2.56. The van der Waals surface area contributed by atoms with Gasteiger partial charge in [-0.15, -0.1) is 0 Å². The summed E-state index contributed by atoms with van der Waals surface area (Å²) in [7, 11) is 0. The smallest absolute Gasteiger partial charge is 0.134 e. The molecule has 2 aromatic rings. The molecule has 1 N–H and O–H groups in total. The highest BCUT2D eigenvalue weighted by Gasteiger charge is 2.35. The van der Waals surface area contributed by atoms with E-state index < -0.39 is 0 Å². The van der Waals surface area contributed by atoms with Crippen molar-refractivity contribution in [1.82, 2.24) is 5.32 Å². The molecule has 0 radical (unpaired) electrons. The highest BCUT2D eigenvalue weighted by atomic mass is 32.2. The molecule has 1 fully saturated rings. The summed E-state index contributed by atoms with van der Waals surface area (Å²) >= 11 is 2.01. The lowest BCUT2D eigenvalue weighted by molar-refractivity contribution is 0.340. The van der Waals surface area contributed by atoms with Gasteiger partial charge in [0.1, 0.15) is 11.3 Å². The van der Waals surface area contributed by atoms with Crippen molar-refractivity contribution in [3.8, 4) is 0 Å². The van der Waals surface area contributed by atoms with Crippen LogP contribution in [0.4, 0.5) is 0 Å². The zero-order valence-corrected chi connectivity index (χ0v) is 11.6. The Bertz CT molecular complexity index is 492. The van der Waals surface area contributed by atoms with Crippen LogP contribution in [-0.4, -0.2) is 17.5 Å². The van der Waals surface area contributed by atoms with Gasteiger partial charge in [0.15, 0.2) is 0 Å². The Morgan fingerprint density at radius 2 is 2.17 bits per heavy atom. The maximum Gasteiger partial charge on any atom is 0.134 e. The second-order valence-corrected chi connectivity index (χ2v) is 6.37. The van der Waals surface area contributed by atoms with Gasteiger partial charge in [-0.2, -0.15) is 11.8 Å². The molecule has 0 amide bonds. The standard InChI is InChI=1S/C15H19NOS/c1-18-15(7-4-8-15)11-16-10-13-9-12-5-2-3-6-14(12)17-13/h2-3,5-6,9,16H,4,7-8,10-11H2,1H3. The lowest BCUT2D eigenvalue weighted by atomic mass is 9.84. The second-order valence-electron chi connectivity index (χ2n) is 5.09. The third-order valence-corrected chi connectivity index (χ3v) is 5.34. The van der Waals surface area contributed by atoms with Gasteiger partial charge in [0.2, 0.25) is 0 Å². The Morgan fingerprint density at radius 1 is 1.33 bits per heavy atom. The third kappa shape index (κ3) is 2.29. The molecular formula is C15H19NOS. The first-order valence-electron chi connectivity index (χ1n) is 6.55. The maximum absolute atomic E-state index is 5.80. The average molecular weight is 261 g/mol. The van der Waals surface area contributed by atoms with E-state index in [1.165, 1.54) is 24.6 Å². The minimum atomic E-state index is 0.492. The average Bonchev–Trinajstić information content (AvgIpc) is 2.75. The molecule has 1 aliphatic rings. The van der Waals surface area contributed by atoms with Gasteiger partial charge >= 0.3 is 0 Å². The van der Waals surface area contributed by atoms with Gasteiger partial charge in [-0.1, -0.05) is 24.6 Å². The molecule has 0 bridgehead atoms. The molecular weight excluding hydrogens is 242 g/mol. The van der Waals surface area contributed by atoms with Crippen LogP contribution in [0.15, 0.2) is 34.7 Å². The highest BCUT2D eigenvalue weighted by molar-refractivity contribution is 8.00. The second kappa shape index (κ2) is 4.98. The first-order chi connectivity index (χ1) is 8.81. The van der Waals surface area contributed by atoms with Crippen LogP contribution in [-0.2, 0) is 6.54 Å². The van der Waals surface area contributed by atoms with Gasteiger partial charge in [0.25, 0.3) is 0 Å². The topological polar surface area (TPSA) is 25.2 Å². The number of hydrogen-bond donors (Lipinski definition) is 1. The predicted octanol–water partition coefficient (Wildman–Crippen LogP) is 3.81. The van der Waals surface area contributed by atoms with E-state index in [9.17, 15) is 0 Å². The van der Waals surface area contributed by atoms with E-state index in [0.29, 0.717) is 4.75 Å². The lowest BCUT2D eigenvalue weighted by Gasteiger charge is -2.40. The number of rotatable bonds is 5. The van der Waals surface area contributed by atoms with E-state index in [1.54, 1.807) is 0 Å². The van der Waals surface area contributed by atoms with Crippen molar-refractivity contribution in [3.63, 3.8) is 0 Å². The molecule has 0 saturated heterocycles. The maximum atomic E-state index is 5.80. The molecule has 18 heavy (non-hydrogen) atoms. The molecule has 0 unspecified atom stereocenters. The minimum Gasteiger partial charge on any atom is -0.460 e. The van der Waals surface area contributed by atoms with Crippen molar-refractivity contribution in [2.75, 3.05) is 12.8 Å². The summed E-state index contributed by atoms with van der Waals surface area (Å²) in [5, 5.41) is 4.73. The van der Waals surface area contributed by atoms with Crippen LogP contribution >= 0.6 is 11.8 Å². The van der Waals surface area contributed by atoms with Crippen molar-refractivity contribution < 1.29 is 4.42 Å². The number of para-hydroxylation sites is 1. The Kier molecular flexibility index (Phi) is 3.35. The van der Waals surface area contributed by atoms with Crippen LogP contribution in [0.5, 0.6) is 0 Å². The largest absolute Gasteiger partial charge is 0.460 e. The molecule has 1 aromatic heterocycles. The molecule has 2 nitrogen and oxygen atoms in total. The summed E-state index contributed by atoms with van der Waals surface area (Å²) in [6.07, 6.45) is 6.30. The fourth-order valence-corrected chi connectivity index (χ4v) is 3.50. The zero-order chi connectivity index (χ0) is 12.4. The van der Waals surface area contributed by atoms with Gasteiger partial charge < -0.3 is 9.73 Å². The fraction of sp³-hybridized carbons (Fsp3) is 0.467. The summed E-state index contributed by atoms with van der Waals surface area (Å²) in [4.78, 5) is 0. The number of thioether (sulfide) groups is 1. The minimum absolute atomic E-state index is 0.492. The van der Waals surface area contributed by atoms with E-state index in [2.05, 4.69) is 23.7 Å². The third-order valence-electron chi connectivity index (χ3n) is 3.92. The number of hydrogen-bond acceptors (Lipinski definition) is 3. The van der Waals surface area contributed by atoms with Crippen LogP contribution in [0.1, 0.15) is 25.0 Å². The highest BCUT2D eigenvalue weighted by Crippen LogP contribution is 2.42. The van der Waals surface area contributed by atoms with Crippen molar-refractivity contribution in [2.45, 2.75) is 30.6 Å². The van der Waals surface area contributed by atoms with Crippen LogP contribution in [0, 0.1) is 0 Å². The predicted molar refractivity (Wildman–Crippen MR) is 78.0 cm³/mol. The van der Waals surface area contributed by atoms with E-state index in [0.717, 1.165) is 24.4 Å². The van der Waals surface area contributed by atoms with Gasteiger partial charge in [-0.3, -0.25) is 0 Å².